The minimum absolute atomic E-state index is 0.204. The van der Waals surface area contributed by atoms with Gasteiger partial charge in [0.05, 0.1) is 0 Å². The van der Waals surface area contributed by atoms with Gasteiger partial charge >= 0.3 is 0 Å². The second-order valence-corrected chi connectivity index (χ2v) is 3.72. The quantitative estimate of drug-likeness (QED) is 0.567. The summed E-state index contributed by atoms with van der Waals surface area (Å²) in [4.78, 5) is 11.2. The van der Waals surface area contributed by atoms with Crippen LogP contribution in [0.3, 0.4) is 0 Å². The first-order valence-corrected chi connectivity index (χ1v) is 5.87. The lowest BCUT2D eigenvalue weighted by atomic mass is 10.2. The largest absolute Gasteiger partial charge is 0.356 e. The second kappa shape index (κ2) is 10.6. The number of nitrogens with one attached hydrogen (secondary N) is 1. The molecule has 0 aliphatic heterocycles. The van der Waals surface area contributed by atoms with Crippen molar-refractivity contribution in [3.63, 3.8) is 0 Å². The van der Waals surface area contributed by atoms with E-state index in [1.54, 1.807) is 0 Å². The summed E-state index contributed by atoms with van der Waals surface area (Å²) in [7, 11) is 0. The van der Waals surface area contributed by atoms with E-state index >= 15 is 0 Å². The Balaban J connectivity index is 3.10. The average molecular weight is 198 g/mol. The Bertz CT molecular complexity index is 134. The molecule has 2 nitrogen and oxygen atoms in total. The first-order valence-electron chi connectivity index (χ1n) is 5.87. The third-order valence-corrected chi connectivity index (χ3v) is 2.26. The molecule has 0 atom stereocenters. The second-order valence-electron chi connectivity index (χ2n) is 3.72. The van der Waals surface area contributed by atoms with E-state index in [4.69, 9.17) is 0 Å². The molecule has 1 N–H and O–H groups in total. The monoisotopic (exact) mass is 198 g/mol. The van der Waals surface area contributed by atoms with E-state index in [0.29, 0.717) is 6.42 Å². The highest BCUT2D eigenvalue weighted by atomic mass is 16.1. The fraction of sp³-hybridized carbons (Fsp3) is 0.833. The Morgan fingerprint density at radius 2 is 1.93 bits per heavy atom. The van der Waals surface area contributed by atoms with Gasteiger partial charge in [0.1, 0.15) is 0 Å². The van der Waals surface area contributed by atoms with Gasteiger partial charge in [0.15, 0.2) is 0 Å². The fourth-order valence-corrected chi connectivity index (χ4v) is 1.33. The van der Waals surface area contributed by atoms with Crippen molar-refractivity contribution in [1.82, 2.24) is 5.32 Å². The van der Waals surface area contributed by atoms with E-state index in [0.717, 1.165) is 32.2 Å². The predicted molar refractivity (Wildman–Crippen MR) is 61.0 cm³/mol. The summed E-state index contributed by atoms with van der Waals surface area (Å²) in [5, 5.41) is 2.94. The molecule has 2 heteroatoms. The molecule has 0 aromatic carbocycles. The SMILES string of the molecule is [CH2]CCCCC(=O)NCCCCCC. The highest BCUT2D eigenvalue weighted by Gasteiger charge is 1.98. The van der Waals surface area contributed by atoms with E-state index in [2.05, 4.69) is 19.2 Å². The van der Waals surface area contributed by atoms with Crippen LogP contribution in [0.2, 0.25) is 0 Å². The zero-order chi connectivity index (χ0) is 10.6. The van der Waals surface area contributed by atoms with Crippen molar-refractivity contribution >= 4 is 5.91 Å². The summed E-state index contributed by atoms with van der Waals surface area (Å²) in [5.74, 6) is 0.204. The van der Waals surface area contributed by atoms with E-state index in [1.807, 2.05) is 0 Å². The van der Waals surface area contributed by atoms with Crippen LogP contribution in [0.1, 0.15) is 58.3 Å². The first-order chi connectivity index (χ1) is 6.81. The van der Waals surface area contributed by atoms with Gasteiger partial charge in [-0.05, 0) is 12.8 Å². The van der Waals surface area contributed by atoms with Crippen molar-refractivity contribution in [3.05, 3.63) is 6.92 Å². The zero-order valence-electron chi connectivity index (χ0n) is 9.48. The summed E-state index contributed by atoms with van der Waals surface area (Å²) < 4.78 is 0. The maximum atomic E-state index is 11.2. The smallest absolute Gasteiger partial charge is 0.219 e. The molecule has 1 radical (unpaired) electrons. The first kappa shape index (κ1) is 13.5. The van der Waals surface area contributed by atoms with Crippen LogP contribution in [0.25, 0.3) is 0 Å². The Morgan fingerprint density at radius 3 is 2.57 bits per heavy atom. The molecule has 0 heterocycles. The molecule has 14 heavy (non-hydrogen) atoms. The van der Waals surface area contributed by atoms with Crippen LogP contribution in [0.5, 0.6) is 0 Å². The lowest BCUT2D eigenvalue weighted by molar-refractivity contribution is -0.121. The minimum atomic E-state index is 0.204. The molecule has 0 unspecified atom stereocenters. The third kappa shape index (κ3) is 9.56. The molecule has 0 aliphatic carbocycles. The Morgan fingerprint density at radius 1 is 1.14 bits per heavy atom. The van der Waals surface area contributed by atoms with Crippen molar-refractivity contribution in [2.45, 2.75) is 58.3 Å². The van der Waals surface area contributed by atoms with Gasteiger partial charge in [-0.3, -0.25) is 4.79 Å². The lowest BCUT2D eigenvalue weighted by Gasteiger charge is -2.04. The van der Waals surface area contributed by atoms with Gasteiger partial charge in [0.25, 0.3) is 0 Å². The molecule has 0 saturated carbocycles. The summed E-state index contributed by atoms with van der Waals surface area (Å²) in [6, 6.07) is 0. The lowest BCUT2D eigenvalue weighted by Crippen LogP contribution is -2.23. The zero-order valence-corrected chi connectivity index (χ0v) is 9.48. The summed E-state index contributed by atoms with van der Waals surface area (Å²) >= 11 is 0. The van der Waals surface area contributed by atoms with Gasteiger partial charge in [-0.15, -0.1) is 0 Å². The van der Waals surface area contributed by atoms with E-state index in [-0.39, 0.29) is 5.91 Å². The summed E-state index contributed by atoms with van der Waals surface area (Å²) in [6.45, 7) is 6.79. The molecule has 0 aromatic heterocycles. The molecule has 0 bridgehead atoms. The van der Waals surface area contributed by atoms with Gasteiger partial charge in [0, 0.05) is 13.0 Å². The summed E-state index contributed by atoms with van der Waals surface area (Å²) in [6.07, 6.45) is 8.51. The van der Waals surface area contributed by atoms with Gasteiger partial charge in [-0.25, -0.2) is 0 Å². The number of unbranched alkanes of at least 4 members (excludes halogenated alkanes) is 5. The number of amides is 1. The van der Waals surface area contributed by atoms with Gasteiger partial charge in [-0.1, -0.05) is 46.0 Å². The Hall–Kier alpha value is -0.530. The third-order valence-electron chi connectivity index (χ3n) is 2.26. The van der Waals surface area contributed by atoms with Crippen molar-refractivity contribution < 1.29 is 4.79 Å². The number of hydrogen-bond donors (Lipinski definition) is 1. The molecule has 0 aromatic rings. The number of hydrogen-bond acceptors (Lipinski definition) is 1. The number of rotatable bonds is 9. The van der Waals surface area contributed by atoms with Crippen LogP contribution in [-0.4, -0.2) is 12.5 Å². The van der Waals surface area contributed by atoms with Crippen LogP contribution in [0, 0.1) is 6.92 Å². The number of carbonyl (C=O) groups excluding carboxylic acids is 1. The minimum Gasteiger partial charge on any atom is -0.356 e. The maximum absolute atomic E-state index is 11.2. The van der Waals surface area contributed by atoms with Crippen molar-refractivity contribution in [3.8, 4) is 0 Å². The molecular formula is C12H24NO. The van der Waals surface area contributed by atoms with Crippen molar-refractivity contribution in [2.75, 3.05) is 6.54 Å². The topological polar surface area (TPSA) is 29.1 Å². The molecule has 0 fully saturated rings. The van der Waals surface area contributed by atoms with Crippen LogP contribution in [0.4, 0.5) is 0 Å². The average Bonchev–Trinajstić information content (AvgIpc) is 2.18. The fourth-order valence-electron chi connectivity index (χ4n) is 1.33. The van der Waals surface area contributed by atoms with E-state index < -0.39 is 0 Å². The van der Waals surface area contributed by atoms with Gasteiger partial charge < -0.3 is 5.32 Å². The predicted octanol–water partition coefficient (Wildman–Crippen LogP) is 3.08. The van der Waals surface area contributed by atoms with Crippen LogP contribution < -0.4 is 5.32 Å². The molecule has 83 valence electrons. The Labute approximate surface area is 88.5 Å². The molecular weight excluding hydrogens is 174 g/mol. The molecule has 0 saturated heterocycles. The van der Waals surface area contributed by atoms with Crippen LogP contribution in [0.15, 0.2) is 0 Å². The number of carbonyl (C=O) groups is 1. The molecule has 1 amide bonds. The normalized spacial score (nSPS) is 10.1. The van der Waals surface area contributed by atoms with Crippen LogP contribution in [-0.2, 0) is 4.79 Å². The highest BCUT2D eigenvalue weighted by molar-refractivity contribution is 5.75. The van der Waals surface area contributed by atoms with Gasteiger partial charge in [0.2, 0.25) is 5.91 Å². The molecule has 0 aliphatic rings. The Kier molecular flexibility index (Phi) is 10.2. The van der Waals surface area contributed by atoms with Crippen molar-refractivity contribution in [2.24, 2.45) is 0 Å². The highest BCUT2D eigenvalue weighted by Crippen LogP contribution is 1.99. The summed E-state index contributed by atoms with van der Waals surface area (Å²) in [5.41, 5.74) is 0. The van der Waals surface area contributed by atoms with Gasteiger partial charge in [-0.2, -0.15) is 0 Å². The van der Waals surface area contributed by atoms with E-state index in [1.165, 1.54) is 19.3 Å². The maximum Gasteiger partial charge on any atom is 0.219 e. The van der Waals surface area contributed by atoms with Crippen LogP contribution >= 0.6 is 0 Å². The standard InChI is InChI=1S/C12H24NO/c1-3-5-7-9-11-13-12(14)10-8-6-4-2/h2-11H2,1H3,(H,13,14). The van der Waals surface area contributed by atoms with Crippen molar-refractivity contribution in [1.29, 1.82) is 0 Å². The molecule has 0 spiro atoms. The molecule has 0 rings (SSSR count). The van der Waals surface area contributed by atoms with E-state index in [9.17, 15) is 4.79 Å².